The van der Waals surface area contributed by atoms with Crippen LogP contribution in [0.25, 0.3) is 6.08 Å². The lowest BCUT2D eigenvalue weighted by atomic mass is 10.1. The monoisotopic (exact) mass is 390 g/mol. The zero-order valence-corrected chi connectivity index (χ0v) is 15.7. The minimum atomic E-state index is -0.465. The average Bonchev–Trinajstić information content (AvgIpc) is 2.84. The Morgan fingerprint density at radius 1 is 1.12 bits per heavy atom. The van der Waals surface area contributed by atoms with Gasteiger partial charge in [0.1, 0.15) is 5.70 Å². The minimum Gasteiger partial charge on any atom is -0.494 e. The highest BCUT2D eigenvalue weighted by Gasteiger charge is 2.33. The van der Waals surface area contributed by atoms with E-state index in [2.05, 4.69) is 5.32 Å². The fourth-order valence-electron chi connectivity index (χ4n) is 2.62. The Morgan fingerprint density at radius 2 is 1.73 bits per heavy atom. The lowest BCUT2D eigenvalue weighted by Gasteiger charge is -2.11. The molecule has 2 aromatic carbocycles. The molecule has 0 bridgehead atoms. The van der Waals surface area contributed by atoms with Crippen molar-refractivity contribution in [2.45, 2.75) is 13.5 Å². The maximum absolute atomic E-state index is 12.6. The van der Waals surface area contributed by atoms with Crippen molar-refractivity contribution < 1.29 is 14.3 Å². The Balaban J connectivity index is 1.84. The van der Waals surface area contributed by atoms with Crippen LogP contribution >= 0.6 is 23.2 Å². The third-order valence-electron chi connectivity index (χ3n) is 3.96. The smallest absolute Gasteiger partial charge is 0.329 e. The summed E-state index contributed by atoms with van der Waals surface area (Å²) in [4.78, 5) is 25.9. The van der Waals surface area contributed by atoms with E-state index in [1.807, 2.05) is 31.2 Å². The molecule has 0 aliphatic carbocycles. The third kappa shape index (κ3) is 3.69. The molecular formula is C19H16Cl2N2O3. The normalized spacial score (nSPS) is 15.5. The van der Waals surface area contributed by atoms with Crippen LogP contribution in [0, 0.1) is 6.92 Å². The van der Waals surface area contributed by atoms with Gasteiger partial charge in [0.05, 0.1) is 23.7 Å². The maximum Gasteiger partial charge on any atom is 0.329 e. The molecular weight excluding hydrogens is 375 g/mol. The van der Waals surface area contributed by atoms with Crippen molar-refractivity contribution >= 4 is 41.2 Å². The van der Waals surface area contributed by atoms with E-state index in [-0.39, 0.29) is 12.2 Å². The van der Waals surface area contributed by atoms with Gasteiger partial charge < -0.3 is 10.1 Å². The average molecular weight is 391 g/mol. The number of carbonyl (C=O) groups excluding carboxylic acids is 2. The molecule has 1 N–H and O–H groups in total. The van der Waals surface area contributed by atoms with Crippen LogP contribution in [0.15, 0.2) is 42.1 Å². The van der Waals surface area contributed by atoms with Crippen molar-refractivity contribution in [3.63, 3.8) is 0 Å². The van der Waals surface area contributed by atoms with Gasteiger partial charge in [-0.25, -0.2) is 4.79 Å². The predicted octanol–water partition coefficient (Wildman–Crippen LogP) is 4.40. The summed E-state index contributed by atoms with van der Waals surface area (Å²) in [6.45, 7) is 2.18. The molecule has 0 radical (unpaired) electrons. The van der Waals surface area contributed by atoms with Gasteiger partial charge in [-0.1, -0.05) is 53.0 Å². The largest absolute Gasteiger partial charge is 0.494 e. The van der Waals surface area contributed by atoms with Crippen LogP contribution in [-0.2, 0) is 11.3 Å². The lowest BCUT2D eigenvalue weighted by molar-refractivity contribution is -0.123. The van der Waals surface area contributed by atoms with E-state index in [9.17, 15) is 9.59 Å². The minimum absolute atomic E-state index is 0.166. The molecule has 0 spiro atoms. The summed E-state index contributed by atoms with van der Waals surface area (Å²) in [7, 11) is 1.47. The number of nitrogens with zero attached hydrogens (tertiary/aromatic N) is 1. The molecule has 134 valence electrons. The quantitative estimate of drug-likeness (QED) is 0.621. The first-order chi connectivity index (χ1) is 12.4. The van der Waals surface area contributed by atoms with Crippen molar-refractivity contribution in [1.29, 1.82) is 0 Å². The van der Waals surface area contributed by atoms with Crippen LogP contribution in [0.3, 0.4) is 0 Å². The summed E-state index contributed by atoms with van der Waals surface area (Å²) in [5.41, 5.74) is 2.73. The first kappa shape index (κ1) is 18.3. The van der Waals surface area contributed by atoms with Gasteiger partial charge >= 0.3 is 6.03 Å². The summed E-state index contributed by atoms with van der Waals surface area (Å²) in [5, 5.41) is 3.22. The van der Waals surface area contributed by atoms with Gasteiger partial charge in [-0.2, -0.15) is 0 Å². The molecule has 5 nitrogen and oxygen atoms in total. The van der Waals surface area contributed by atoms with E-state index in [0.29, 0.717) is 21.4 Å². The van der Waals surface area contributed by atoms with Gasteiger partial charge in [-0.3, -0.25) is 9.69 Å². The highest BCUT2D eigenvalue weighted by Crippen LogP contribution is 2.34. The lowest BCUT2D eigenvalue weighted by Crippen LogP contribution is -2.30. The van der Waals surface area contributed by atoms with Crippen LogP contribution in [0.4, 0.5) is 4.79 Å². The summed E-state index contributed by atoms with van der Waals surface area (Å²) < 4.78 is 5.10. The maximum atomic E-state index is 12.6. The molecule has 1 heterocycles. The van der Waals surface area contributed by atoms with Gasteiger partial charge in [0.25, 0.3) is 5.91 Å². The summed E-state index contributed by atoms with van der Waals surface area (Å²) in [6.07, 6.45) is 1.53. The molecule has 0 saturated carbocycles. The van der Waals surface area contributed by atoms with E-state index < -0.39 is 11.9 Å². The molecule has 26 heavy (non-hydrogen) atoms. The number of amides is 3. The number of benzene rings is 2. The standard InChI is InChI=1S/C19H16Cl2N2O3/c1-11-3-5-12(6-4-11)10-23-18(24)16(22-19(23)25)9-13-7-14(20)17(26-2)15(21)8-13/h3-9H,10H2,1-2H3,(H,22,25)/b16-9+. The molecule has 0 atom stereocenters. The van der Waals surface area contributed by atoms with Gasteiger partial charge in [0, 0.05) is 0 Å². The second-order valence-electron chi connectivity index (χ2n) is 5.88. The predicted molar refractivity (Wildman–Crippen MR) is 101 cm³/mol. The van der Waals surface area contributed by atoms with Crippen LogP contribution in [0.5, 0.6) is 5.75 Å². The van der Waals surface area contributed by atoms with E-state index in [1.165, 1.54) is 13.2 Å². The molecule has 3 amide bonds. The molecule has 1 saturated heterocycles. The van der Waals surface area contributed by atoms with Crippen molar-refractivity contribution in [3.8, 4) is 5.75 Å². The van der Waals surface area contributed by atoms with Crippen molar-refractivity contribution in [2.24, 2.45) is 0 Å². The van der Waals surface area contributed by atoms with Gasteiger partial charge in [-0.15, -0.1) is 0 Å². The summed E-state index contributed by atoms with van der Waals surface area (Å²) in [6, 6.07) is 10.4. The number of ether oxygens (including phenoxy) is 1. The van der Waals surface area contributed by atoms with Crippen LogP contribution in [0.1, 0.15) is 16.7 Å². The Hall–Kier alpha value is -2.50. The Kier molecular flexibility index (Phi) is 5.20. The SMILES string of the molecule is COc1c(Cl)cc(/C=C2/NC(=O)N(Cc3ccc(C)cc3)C2=O)cc1Cl. The number of rotatable bonds is 4. The summed E-state index contributed by atoms with van der Waals surface area (Å²) >= 11 is 12.2. The van der Waals surface area contributed by atoms with E-state index in [1.54, 1.807) is 12.1 Å². The Labute approximate surface area is 161 Å². The fraction of sp³-hybridized carbons (Fsp3) is 0.158. The van der Waals surface area contributed by atoms with Gasteiger partial charge in [-0.05, 0) is 36.3 Å². The third-order valence-corrected chi connectivity index (χ3v) is 4.52. The number of methoxy groups -OCH3 is 1. The van der Waals surface area contributed by atoms with Crippen LogP contribution in [0.2, 0.25) is 10.0 Å². The van der Waals surface area contributed by atoms with Crippen molar-refractivity contribution in [2.75, 3.05) is 7.11 Å². The molecule has 1 fully saturated rings. The van der Waals surface area contributed by atoms with E-state index >= 15 is 0 Å². The Bertz CT molecular complexity index is 884. The number of carbonyl (C=O) groups is 2. The number of aryl methyl sites for hydroxylation is 1. The highest BCUT2D eigenvalue weighted by molar-refractivity contribution is 6.37. The summed E-state index contributed by atoms with van der Waals surface area (Å²) in [5.74, 6) is -0.0445. The second kappa shape index (κ2) is 7.40. The topological polar surface area (TPSA) is 58.6 Å². The molecule has 3 rings (SSSR count). The molecule has 0 unspecified atom stereocenters. The van der Waals surface area contributed by atoms with Crippen LogP contribution in [-0.4, -0.2) is 23.9 Å². The number of hydrogen-bond donors (Lipinski definition) is 1. The molecule has 0 aromatic heterocycles. The van der Waals surface area contributed by atoms with E-state index in [0.717, 1.165) is 16.0 Å². The number of halogens is 2. The molecule has 1 aliphatic rings. The van der Waals surface area contributed by atoms with Crippen LogP contribution < -0.4 is 10.1 Å². The second-order valence-corrected chi connectivity index (χ2v) is 6.70. The zero-order chi connectivity index (χ0) is 18.8. The number of urea groups is 1. The first-order valence-corrected chi connectivity index (χ1v) is 8.57. The van der Waals surface area contributed by atoms with E-state index in [4.69, 9.17) is 27.9 Å². The fourth-order valence-corrected chi connectivity index (χ4v) is 3.27. The first-order valence-electron chi connectivity index (χ1n) is 7.82. The van der Waals surface area contributed by atoms with Crippen molar-refractivity contribution in [3.05, 3.63) is 68.8 Å². The zero-order valence-electron chi connectivity index (χ0n) is 14.2. The molecule has 7 heteroatoms. The Morgan fingerprint density at radius 3 is 2.31 bits per heavy atom. The van der Waals surface area contributed by atoms with Gasteiger partial charge in [0.2, 0.25) is 0 Å². The molecule has 1 aliphatic heterocycles. The van der Waals surface area contributed by atoms with Gasteiger partial charge in [0.15, 0.2) is 5.75 Å². The number of imide groups is 1. The number of hydrogen-bond acceptors (Lipinski definition) is 3. The number of nitrogens with one attached hydrogen (secondary N) is 1. The highest BCUT2D eigenvalue weighted by atomic mass is 35.5. The van der Waals surface area contributed by atoms with Crippen molar-refractivity contribution in [1.82, 2.24) is 10.2 Å². The molecule has 2 aromatic rings.